The molecule has 0 heterocycles. The van der Waals surface area contributed by atoms with Crippen molar-refractivity contribution in [3.05, 3.63) is 65.4 Å². The first kappa shape index (κ1) is 19.1. The molecular formula is C20H22N2O4. The van der Waals surface area contributed by atoms with Crippen LogP contribution in [0.15, 0.2) is 54.2 Å². The SMILES string of the molecule is COC(=O)/C(NC(C)=O)=C(\Nc1ccc(OC)cc1)c1ccc(C)cc1. The molecule has 1 amide bonds. The highest BCUT2D eigenvalue weighted by molar-refractivity contribution is 6.02. The molecule has 2 rings (SSSR count). The largest absolute Gasteiger partial charge is 0.497 e. The molecule has 2 aromatic carbocycles. The molecule has 0 aliphatic carbocycles. The van der Waals surface area contributed by atoms with Gasteiger partial charge < -0.3 is 20.1 Å². The summed E-state index contributed by atoms with van der Waals surface area (Å²) in [7, 11) is 2.86. The Balaban J connectivity index is 2.54. The minimum absolute atomic E-state index is 0.0414. The smallest absolute Gasteiger partial charge is 0.356 e. The number of methoxy groups -OCH3 is 2. The fourth-order valence-corrected chi connectivity index (χ4v) is 2.31. The van der Waals surface area contributed by atoms with E-state index in [4.69, 9.17) is 9.47 Å². The van der Waals surface area contributed by atoms with Gasteiger partial charge in [-0.25, -0.2) is 4.79 Å². The van der Waals surface area contributed by atoms with Crippen molar-refractivity contribution in [2.24, 2.45) is 0 Å². The molecule has 0 unspecified atom stereocenters. The maximum absolute atomic E-state index is 12.3. The van der Waals surface area contributed by atoms with Crippen LogP contribution in [0.1, 0.15) is 18.1 Å². The molecule has 0 spiro atoms. The molecule has 0 aromatic heterocycles. The number of rotatable bonds is 6. The molecule has 6 heteroatoms. The van der Waals surface area contributed by atoms with E-state index in [1.165, 1.54) is 14.0 Å². The van der Waals surface area contributed by atoms with Crippen LogP contribution in [0, 0.1) is 6.92 Å². The topological polar surface area (TPSA) is 76.7 Å². The van der Waals surface area contributed by atoms with Crippen molar-refractivity contribution in [3.63, 3.8) is 0 Å². The van der Waals surface area contributed by atoms with Crippen LogP contribution < -0.4 is 15.4 Å². The number of nitrogens with one attached hydrogen (secondary N) is 2. The van der Waals surface area contributed by atoms with Gasteiger partial charge in [0.15, 0.2) is 5.70 Å². The molecule has 26 heavy (non-hydrogen) atoms. The third-order valence-electron chi connectivity index (χ3n) is 3.64. The van der Waals surface area contributed by atoms with Crippen LogP contribution >= 0.6 is 0 Å². The van der Waals surface area contributed by atoms with Crippen LogP contribution in [0.2, 0.25) is 0 Å². The lowest BCUT2D eigenvalue weighted by atomic mass is 10.1. The van der Waals surface area contributed by atoms with Crippen molar-refractivity contribution in [1.82, 2.24) is 5.32 Å². The Kier molecular flexibility index (Phi) is 6.38. The summed E-state index contributed by atoms with van der Waals surface area (Å²) in [6, 6.07) is 14.8. The predicted molar refractivity (Wildman–Crippen MR) is 101 cm³/mol. The lowest BCUT2D eigenvalue weighted by Gasteiger charge is -2.17. The Morgan fingerprint density at radius 3 is 2.04 bits per heavy atom. The van der Waals surface area contributed by atoms with Gasteiger partial charge in [0.25, 0.3) is 0 Å². The molecule has 0 fully saturated rings. The lowest BCUT2D eigenvalue weighted by molar-refractivity contribution is -0.137. The van der Waals surface area contributed by atoms with E-state index in [0.717, 1.165) is 16.8 Å². The zero-order valence-electron chi connectivity index (χ0n) is 15.3. The zero-order chi connectivity index (χ0) is 19.1. The van der Waals surface area contributed by atoms with Crippen LogP contribution in [0.4, 0.5) is 5.69 Å². The second-order valence-corrected chi connectivity index (χ2v) is 5.64. The summed E-state index contributed by atoms with van der Waals surface area (Å²) >= 11 is 0. The van der Waals surface area contributed by atoms with Crippen LogP contribution in [0.5, 0.6) is 5.75 Å². The quantitative estimate of drug-likeness (QED) is 0.616. The molecule has 0 bridgehead atoms. The first-order valence-electron chi connectivity index (χ1n) is 8.03. The standard InChI is InChI=1S/C20H22N2O4/c1-13-5-7-15(8-6-13)18(19(20(24)26-4)21-14(2)23)22-16-9-11-17(25-3)12-10-16/h5-12,22H,1-4H3,(H,21,23)/b19-18+. The second kappa shape index (κ2) is 8.71. The Morgan fingerprint density at radius 2 is 1.54 bits per heavy atom. The van der Waals surface area contributed by atoms with Gasteiger partial charge >= 0.3 is 5.97 Å². The first-order chi connectivity index (χ1) is 12.4. The van der Waals surface area contributed by atoms with Gasteiger partial charge in [0.2, 0.25) is 5.91 Å². The van der Waals surface area contributed by atoms with Gasteiger partial charge in [-0.15, -0.1) is 0 Å². The summed E-state index contributed by atoms with van der Waals surface area (Å²) in [5, 5.41) is 5.76. The molecule has 0 saturated carbocycles. The van der Waals surface area contributed by atoms with Crippen molar-refractivity contribution >= 4 is 23.3 Å². The number of carbonyl (C=O) groups excluding carboxylic acids is 2. The van der Waals surface area contributed by atoms with Crippen LogP contribution in [0.25, 0.3) is 5.70 Å². The van der Waals surface area contributed by atoms with Gasteiger partial charge in [-0.05, 0) is 31.2 Å². The highest BCUT2D eigenvalue weighted by atomic mass is 16.5. The van der Waals surface area contributed by atoms with Gasteiger partial charge in [-0.3, -0.25) is 4.79 Å². The van der Waals surface area contributed by atoms with Crippen LogP contribution in [0.3, 0.4) is 0 Å². The van der Waals surface area contributed by atoms with Gasteiger partial charge in [0.05, 0.1) is 19.9 Å². The normalized spacial score (nSPS) is 11.2. The zero-order valence-corrected chi connectivity index (χ0v) is 15.3. The number of anilines is 1. The third-order valence-corrected chi connectivity index (χ3v) is 3.64. The molecule has 2 aromatic rings. The molecule has 0 aliphatic heterocycles. The number of ether oxygens (including phenoxy) is 2. The Hall–Kier alpha value is -3.28. The molecule has 6 nitrogen and oxygen atoms in total. The summed E-state index contributed by atoms with van der Waals surface area (Å²) in [6.07, 6.45) is 0. The summed E-state index contributed by atoms with van der Waals surface area (Å²) in [5.74, 6) is -0.296. The minimum atomic E-state index is -0.642. The van der Waals surface area contributed by atoms with Crippen molar-refractivity contribution in [3.8, 4) is 5.75 Å². The monoisotopic (exact) mass is 354 g/mol. The molecule has 136 valence electrons. The molecular weight excluding hydrogens is 332 g/mol. The van der Waals surface area contributed by atoms with E-state index in [2.05, 4.69) is 10.6 Å². The average molecular weight is 354 g/mol. The van der Waals surface area contributed by atoms with Crippen molar-refractivity contribution in [2.75, 3.05) is 19.5 Å². The third kappa shape index (κ3) is 4.86. The van der Waals surface area contributed by atoms with E-state index >= 15 is 0 Å². The fraction of sp³-hybridized carbons (Fsp3) is 0.200. The minimum Gasteiger partial charge on any atom is -0.497 e. The van der Waals surface area contributed by atoms with E-state index in [1.54, 1.807) is 19.2 Å². The number of hydrogen-bond acceptors (Lipinski definition) is 5. The van der Waals surface area contributed by atoms with E-state index in [9.17, 15) is 9.59 Å². The summed E-state index contributed by atoms with van der Waals surface area (Å²) in [4.78, 5) is 23.9. The molecule has 0 radical (unpaired) electrons. The molecule has 0 atom stereocenters. The highest BCUT2D eigenvalue weighted by Gasteiger charge is 2.19. The van der Waals surface area contributed by atoms with Crippen molar-refractivity contribution < 1.29 is 19.1 Å². The first-order valence-corrected chi connectivity index (χ1v) is 8.03. The van der Waals surface area contributed by atoms with Crippen molar-refractivity contribution in [1.29, 1.82) is 0 Å². The molecule has 2 N–H and O–H groups in total. The van der Waals surface area contributed by atoms with E-state index in [0.29, 0.717) is 11.4 Å². The summed E-state index contributed by atoms with van der Waals surface area (Å²) < 4.78 is 10.00. The number of benzene rings is 2. The van der Waals surface area contributed by atoms with Crippen molar-refractivity contribution in [2.45, 2.75) is 13.8 Å². The number of esters is 1. The van der Waals surface area contributed by atoms with Gasteiger partial charge in [-0.2, -0.15) is 0 Å². The molecule has 0 aliphatic rings. The summed E-state index contributed by atoms with van der Waals surface area (Å²) in [6.45, 7) is 3.31. The van der Waals surface area contributed by atoms with E-state index in [1.807, 2.05) is 43.3 Å². The Morgan fingerprint density at radius 1 is 0.923 bits per heavy atom. The number of amides is 1. The highest BCUT2D eigenvalue weighted by Crippen LogP contribution is 2.24. The summed E-state index contributed by atoms with van der Waals surface area (Å²) in [5.41, 5.74) is 3.03. The maximum Gasteiger partial charge on any atom is 0.356 e. The van der Waals surface area contributed by atoms with E-state index < -0.39 is 5.97 Å². The van der Waals surface area contributed by atoms with Crippen LogP contribution in [-0.4, -0.2) is 26.1 Å². The Labute approximate surface area is 152 Å². The average Bonchev–Trinajstić information content (AvgIpc) is 2.65. The van der Waals surface area contributed by atoms with Gasteiger partial charge in [0.1, 0.15) is 5.75 Å². The fourth-order valence-electron chi connectivity index (χ4n) is 2.31. The van der Waals surface area contributed by atoms with E-state index in [-0.39, 0.29) is 11.6 Å². The number of hydrogen-bond donors (Lipinski definition) is 2. The number of aryl methyl sites for hydroxylation is 1. The second-order valence-electron chi connectivity index (χ2n) is 5.64. The maximum atomic E-state index is 12.3. The van der Waals surface area contributed by atoms with Gasteiger partial charge in [-0.1, -0.05) is 29.8 Å². The van der Waals surface area contributed by atoms with Crippen LogP contribution in [-0.2, 0) is 14.3 Å². The molecule has 0 saturated heterocycles. The number of carbonyl (C=O) groups is 2. The Bertz CT molecular complexity index is 809. The van der Waals surface area contributed by atoms with Gasteiger partial charge in [0, 0.05) is 18.2 Å². The predicted octanol–water partition coefficient (Wildman–Crippen LogP) is 3.09. The lowest BCUT2D eigenvalue weighted by Crippen LogP contribution is -2.28.